The molecule has 3 saturated heterocycles. The third kappa shape index (κ3) is 3.07. The molecule has 10 heteroatoms. The van der Waals surface area contributed by atoms with Crippen molar-refractivity contribution in [3.63, 3.8) is 0 Å². The van der Waals surface area contributed by atoms with Crippen molar-refractivity contribution in [1.29, 1.82) is 0 Å². The van der Waals surface area contributed by atoms with E-state index in [1.54, 1.807) is 11.9 Å². The molecule has 3 fully saturated rings. The van der Waals surface area contributed by atoms with Gasteiger partial charge in [-0.1, -0.05) is 20.8 Å². The van der Waals surface area contributed by atoms with Gasteiger partial charge in [0.05, 0.1) is 17.1 Å². The number of carbonyl (C=O) groups is 3. The molecular weight excluding hydrogens is 426 g/mol. The van der Waals surface area contributed by atoms with E-state index >= 15 is 0 Å². The average molecular weight is 456 g/mol. The summed E-state index contributed by atoms with van der Waals surface area (Å²) in [7, 11) is 1.68. The van der Waals surface area contributed by atoms with Crippen LogP contribution in [-0.4, -0.2) is 62.7 Å². The molecule has 0 aliphatic carbocycles. The Morgan fingerprint density at radius 2 is 1.82 bits per heavy atom. The monoisotopic (exact) mass is 455 g/mol. The van der Waals surface area contributed by atoms with E-state index in [2.05, 4.69) is 31.0 Å². The number of carboxylic acid groups (broad SMARTS) is 1. The maximum Gasteiger partial charge on any atom is 0.407 e. The Morgan fingerprint density at radius 1 is 1.12 bits per heavy atom. The van der Waals surface area contributed by atoms with Gasteiger partial charge in [0.2, 0.25) is 11.8 Å². The zero-order valence-electron chi connectivity index (χ0n) is 19.3. The first kappa shape index (κ1) is 21.5. The molecule has 33 heavy (non-hydrogen) atoms. The Kier molecular flexibility index (Phi) is 4.47. The minimum Gasteiger partial charge on any atom is -0.465 e. The molecule has 1 aromatic heterocycles. The van der Waals surface area contributed by atoms with E-state index in [1.807, 2.05) is 18.2 Å². The summed E-state index contributed by atoms with van der Waals surface area (Å²) >= 11 is 0. The Hall–Kier alpha value is -3.30. The highest BCUT2D eigenvalue weighted by atomic mass is 16.4. The first-order valence-electron chi connectivity index (χ1n) is 11.2. The van der Waals surface area contributed by atoms with Crippen molar-refractivity contribution in [2.24, 2.45) is 17.9 Å². The fourth-order valence-corrected chi connectivity index (χ4v) is 6.25. The van der Waals surface area contributed by atoms with Crippen LogP contribution in [0.5, 0.6) is 0 Å². The summed E-state index contributed by atoms with van der Waals surface area (Å²) in [5.74, 6) is -0.764. The van der Waals surface area contributed by atoms with Crippen molar-refractivity contribution >= 4 is 34.6 Å². The Bertz CT molecular complexity index is 1250. The molecule has 0 radical (unpaired) electrons. The predicted molar refractivity (Wildman–Crippen MR) is 121 cm³/mol. The SMILES string of the molecule is Cn1c(=O)n(C2CCC(=O)NC2=O)c2ccc(N3CC4(C3)CN(C(=O)O)C4C(C)(C)C)cc21. The molecule has 1 aromatic carbocycles. The highest BCUT2D eigenvalue weighted by molar-refractivity contribution is 6.00. The predicted octanol–water partition coefficient (Wildman–Crippen LogP) is 1.53. The van der Waals surface area contributed by atoms with Gasteiger partial charge in [0.25, 0.3) is 0 Å². The van der Waals surface area contributed by atoms with Crippen LogP contribution in [0.2, 0.25) is 0 Å². The number of benzene rings is 1. The van der Waals surface area contributed by atoms with Crippen molar-refractivity contribution in [2.75, 3.05) is 24.5 Å². The number of fused-ring (bicyclic) bond motifs is 1. The Balaban J connectivity index is 1.43. The maximum atomic E-state index is 13.0. The fraction of sp³-hybridized carbons (Fsp3) is 0.565. The van der Waals surface area contributed by atoms with Gasteiger partial charge in [0.15, 0.2) is 0 Å². The van der Waals surface area contributed by atoms with Crippen LogP contribution < -0.4 is 15.9 Å². The van der Waals surface area contributed by atoms with E-state index in [4.69, 9.17) is 0 Å². The number of hydrogen-bond acceptors (Lipinski definition) is 5. The number of imide groups is 1. The normalized spacial score (nSPS) is 24.6. The molecule has 10 nitrogen and oxygen atoms in total. The number of rotatable bonds is 2. The van der Waals surface area contributed by atoms with Crippen LogP contribution in [0.3, 0.4) is 0 Å². The fourth-order valence-electron chi connectivity index (χ4n) is 6.25. The van der Waals surface area contributed by atoms with Crippen LogP contribution in [0.25, 0.3) is 11.0 Å². The van der Waals surface area contributed by atoms with E-state index < -0.39 is 18.0 Å². The number of likely N-dealkylation sites (tertiary alicyclic amines) is 1. The Labute approximate surface area is 190 Å². The summed E-state index contributed by atoms with van der Waals surface area (Å²) in [5, 5.41) is 11.9. The van der Waals surface area contributed by atoms with Gasteiger partial charge in [0, 0.05) is 44.2 Å². The zero-order chi connectivity index (χ0) is 23.9. The number of anilines is 1. The van der Waals surface area contributed by atoms with Gasteiger partial charge < -0.3 is 14.9 Å². The van der Waals surface area contributed by atoms with Crippen LogP contribution >= 0.6 is 0 Å². The minimum absolute atomic E-state index is 0.0413. The number of amides is 3. The second-order valence-corrected chi connectivity index (χ2v) is 10.7. The number of aromatic nitrogens is 2. The lowest BCUT2D eigenvalue weighted by molar-refractivity contribution is -0.135. The summed E-state index contributed by atoms with van der Waals surface area (Å²) in [6.07, 6.45) is -0.366. The molecule has 4 heterocycles. The molecule has 2 atom stereocenters. The quantitative estimate of drug-likeness (QED) is 0.664. The minimum atomic E-state index is -0.870. The van der Waals surface area contributed by atoms with Crippen molar-refractivity contribution in [3.8, 4) is 0 Å². The lowest BCUT2D eigenvalue weighted by Crippen LogP contribution is -2.81. The molecular formula is C23H29N5O5. The highest BCUT2D eigenvalue weighted by Crippen LogP contribution is 2.53. The largest absolute Gasteiger partial charge is 0.465 e. The molecule has 5 rings (SSSR count). The molecule has 2 unspecified atom stereocenters. The Morgan fingerprint density at radius 3 is 2.42 bits per heavy atom. The molecule has 3 aliphatic heterocycles. The van der Waals surface area contributed by atoms with Crippen LogP contribution in [0.4, 0.5) is 10.5 Å². The lowest BCUT2D eigenvalue weighted by atomic mass is 9.58. The third-order valence-corrected chi connectivity index (χ3v) is 7.41. The summed E-state index contributed by atoms with van der Waals surface area (Å²) < 4.78 is 3.01. The van der Waals surface area contributed by atoms with Gasteiger partial charge in [-0.3, -0.25) is 24.0 Å². The number of carbonyl (C=O) groups excluding carboxylic acids is 2. The molecule has 0 bridgehead atoms. The van der Waals surface area contributed by atoms with Crippen LogP contribution in [0.15, 0.2) is 23.0 Å². The summed E-state index contributed by atoms with van der Waals surface area (Å²) in [6.45, 7) is 8.29. The standard InChI is InChI=1S/C23H29N5O5/c1-22(2,3)19-23(12-27(19)21(32)33)10-26(11-23)13-5-6-14-16(9-13)25(4)20(31)28(14)15-7-8-17(29)24-18(15)30/h5-6,9,15,19H,7-8,10-12H2,1-4H3,(H,32,33)(H,24,29,30). The van der Waals surface area contributed by atoms with E-state index in [0.29, 0.717) is 18.5 Å². The van der Waals surface area contributed by atoms with Crippen LogP contribution in [0.1, 0.15) is 39.7 Å². The van der Waals surface area contributed by atoms with Gasteiger partial charge in [-0.25, -0.2) is 9.59 Å². The number of aryl methyl sites for hydroxylation is 1. The highest BCUT2D eigenvalue weighted by Gasteiger charge is 2.64. The second kappa shape index (κ2) is 6.85. The van der Waals surface area contributed by atoms with Gasteiger partial charge in [-0.2, -0.15) is 0 Å². The third-order valence-electron chi connectivity index (χ3n) is 7.41. The average Bonchev–Trinajstić information content (AvgIpc) is 2.89. The second-order valence-electron chi connectivity index (χ2n) is 10.7. The zero-order valence-corrected chi connectivity index (χ0v) is 19.3. The van der Waals surface area contributed by atoms with Gasteiger partial charge >= 0.3 is 11.8 Å². The first-order chi connectivity index (χ1) is 15.4. The van der Waals surface area contributed by atoms with Crippen molar-refractivity contribution < 1.29 is 19.5 Å². The topological polar surface area (TPSA) is 117 Å². The number of nitrogens with zero attached hydrogens (tertiary/aromatic N) is 4. The number of nitrogens with one attached hydrogen (secondary N) is 1. The maximum absolute atomic E-state index is 13.0. The van der Waals surface area contributed by atoms with Gasteiger partial charge in [-0.05, 0) is 30.0 Å². The molecule has 176 valence electrons. The molecule has 0 saturated carbocycles. The molecule has 2 aromatic rings. The summed E-state index contributed by atoms with van der Waals surface area (Å²) in [6, 6.07) is 5.00. The van der Waals surface area contributed by atoms with Gasteiger partial charge in [0.1, 0.15) is 6.04 Å². The summed E-state index contributed by atoms with van der Waals surface area (Å²) in [5.41, 5.74) is 1.83. The number of imidazole rings is 1. The van der Waals surface area contributed by atoms with E-state index in [9.17, 15) is 24.3 Å². The number of hydrogen-bond donors (Lipinski definition) is 2. The molecule has 3 amide bonds. The molecule has 1 spiro atoms. The van der Waals surface area contributed by atoms with Crippen molar-refractivity contribution in [3.05, 3.63) is 28.7 Å². The first-order valence-corrected chi connectivity index (χ1v) is 11.2. The van der Waals surface area contributed by atoms with Gasteiger partial charge in [-0.15, -0.1) is 0 Å². The van der Waals surface area contributed by atoms with E-state index in [-0.39, 0.29) is 34.9 Å². The van der Waals surface area contributed by atoms with Crippen LogP contribution in [0, 0.1) is 10.8 Å². The summed E-state index contributed by atoms with van der Waals surface area (Å²) in [4.78, 5) is 52.3. The van der Waals surface area contributed by atoms with Crippen molar-refractivity contribution in [2.45, 2.75) is 45.7 Å². The van der Waals surface area contributed by atoms with Crippen LogP contribution in [-0.2, 0) is 16.6 Å². The lowest BCUT2D eigenvalue weighted by Gasteiger charge is -2.68. The van der Waals surface area contributed by atoms with Crippen molar-refractivity contribution in [1.82, 2.24) is 19.4 Å². The smallest absolute Gasteiger partial charge is 0.407 e. The molecule has 2 N–H and O–H groups in total. The van der Waals surface area contributed by atoms with E-state index in [1.165, 1.54) is 9.13 Å². The van der Waals surface area contributed by atoms with E-state index in [0.717, 1.165) is 24.3 Å². The molecule has 3 aliphatic rings. The number of piperidine rings is 1.